The molecule has 1 fully saturated rings. The van der Waals surface area contributed by atoms with Gasteiger partial charge in [-0.3, -0.25) is 4.79 Å². The van der Waals surface area contributed by atoms with Crippen LogP contribution in [0.4, 0.5) is 9.80 Å². The van der Waals surface area contributed by atoms with Crippen LogP contribution in [0, 0.1) is 0 Å². The lowest BCUT2D eigenvalue weighted by Gasteiger charge is -2.33. The van der Waals surface area contributed by atoms with E-state index in [-0.39, 0.29) is 12.0 Å². The predicted octanol–water partition coefficient (Wildman–Crippen LogP) is 2.79. The van der Waals surface area contributed by atoms with E-state index in [1.54, 1.807) is 16.7 Å². The molecule has 0 unspecified atom stereocenters. The van der Waals surface area contributed by atoms with E-state index >= 15 is 0 Å². The van der Waals surface area contributed by atoms with Crippen molar-refractivity contribution in [3.05, 3.63) is 30.3 Å². The number of carbonyl (C=O) groups excluding carboxylic acids is 2. The van der Waals surface area contributed by atoms with Gasteiger partial charge in [-0.2, -0.15) is 0 Å². The maximum Gasteiger partial charge on any atom is 0.409 e. The van der Waals surface area contributed by atoms with E-state index in [0.29, 0.717) is 43.5 Å². The van der Waals surface area contributed by atoms with Crippen molar-refractivity contribution in [1.29, 1.82) is 0 Å². The van der Waals surface area contributed by atoms with E-state index in [9.17, 15) is 9.59 Å². The summed E-state index contributed by atoms with van der Waals surface area (Å²) in [6, 6.07) is 9.77. The molecule has 0 saturated carbocycles. The van der Waals surface area contributed by atoms with Gasteiger partial charge in [0.05, 0.1) is 12.4 Å². The van der Waals surface area contributed by atoms with Gasteiger partial charge in [0.2, 0.25) is 5.91 Å². The number of thiazole rings is 1. The molecule has 7 nitrogen and oxygen atoms in total. The number of piperazine rings is 1. The highest BCUT2D eigenvalue weighted by atomic mass is 32.2. The molecule has 144 valence electrons. The minimum absolute atomic E-state index is 0.0403. The van der Waals surface area contributed by atoms with Crippen LogP contribution in [0.25, 0.3) is 11.3 Å². The molecule has 1 aromatic carbocycles. The highest BCUT2D eigenvalue weighted by molar-refractivity contribution is 8.01. The SMILES string of the molecule is CCOC(=O)N1CCN(C(=O)CSc2nc(-c3ccccc3)c(N)s2)CC1. The number of carbonyl (C=O) groups is 2. The van der Waals surface area contributed by atoms with Gasteiger partial charge in [-0.15, -0.1) is 0 Å². The molecule has 1 saturated heterocycles. The van der Waals surface area contributed by atoms with Crippen molar-refractivity contribution in [2.75, 3.05) is 44.3 Å². The van der Waals surface area contributed by atoms with E-state index < -0.39 is 0 Å². The number of nitrogen functional groups attached to an aromatic ring is 1. The van der Waals surface area contributed by atoms with Gasteiger partial charge in [0.1, 0.15) is 10.7 Å². The number of anilines is 1. The molecule has 0 spiro atoms. The van der Waals surface area contributed by atoms with Crippen molar-refractivity contribution in [2.24, 2.45) is 0 Å². The topological polar surface area (TPSA) is 88.8 Å². The van der Waals surface area contributed by atoms with Crippen molar-refractivity contribution in [3.63, 3.8) is 0 Å². The third kappa shape index (κ3) is 4.92. The van der Waals surface area contributed by atoms with Crippen LogP contribution < -0.4 is 5.73 Å². The third-order valence-corrected chi connectivity index (χ3v) is 6.17. The Morgan fingerprint density at radius 1 is 1.19 bits per heavy atom. The molecule has 0 aliphatic carbocycles. The number of benzene rings is 1. The summed E-state index contributed by atoms with van der Waals surface area (Å²) < 4.78 is 5.78. The van der Waals surface area contributed by atoms with E-state index in [2.05, 4.69) is 4.98 Å². The molecule has 0 atom stereocenters. The lowest BCUT2D eigenvalue weighted by Crippen LogP contribution is -2.51. The molecule has 1 aliphatic rings. The zero-order valence-corrected chi connectivity index (χ0v) is 16.7. The van der Waals surface area contributed by atoms with Gasteiger partial charge in [0.15, 0.2) is 4.34 Å². The fourth-order valence-electron chi connectivity index (χ4n) is 2.74. The number of hydrogen-bond donors (Lipinski definition) is 1. The van der Waals surface area contributed by atoms with Crippen molar-refractivity contribution in [2.45, 2.75) is 11.3 Å². The van der Waals surface area contributed by atoms with E-state index in [1.165, 1.54) is 23.1 Å². The van der Waals surface area contributed by atoms with Crippen LogP contribution in [0.15, 0.2) is 34.7 Å². The van der Waals surface area contributed by atoms with Crippen LogP contribution in [0.5, 0.6) is 0 Å². The first-order valence-corrected chi connectivity index (χ1v) is 10.5. The normalized spacial score (nSPS) is 14.3. The fourth-order valence-corrected chi connectivity index (χ4v) is 4.60. The quantitative estimate of drug-likeness (QED) is 0.768. The number of hydrogen-bond acceptors (Lipinski definition) is 7. The molecule has 27 heavy (non-hydrogen) atoms. The number of thioether (sulfide) groups is 1. The first-order chi connectivity index (χ1) is 13.1. The molecule has 1 aromatic heterocycles. The lowest BCUT2D eigenvalue weighted by molar-refractivity contribution is -0.129. The number of ether oxygens (including phenoxy) is 1. The summed E-state index contributed by atoms with van der Waals surface area (Å²) in [6.45, 7) is 4.18. The van der Waals surface area contributed by atoms with Crippen LogP contribution in [-0.4, -0.2) is 65.3 Å². The average Bonchev–Trinajstić information content (AvgIpc) is 3.08. The van der Waals surface area contributed by atoms with Crippen LogP contribution in [-0.2, 0) is 9.53 Å². The van der Waals surface area contributed by atoms with Gasteiger partial charge in [-0.25, -0.2) is 9.78 Å². The molecule has 1 aliphatic heterocycles. The molecule has 3 rings (SSSR count). The largest absolute Gasteiger partial charge is 0.450 e. The maximum atomic E-state index is 12.5. The van der Waals surface area contributed by atoms with Gasteiger partial charge in [-0.05, 0) is 6.92 Å². The lowest BCUT2D eigenvalue weighted by atomic mass is 10.2. The molecule has 2 aromatic rings. The number of aromatic nitrogens is 1. The van der Waals surface area contributed by atoms with Crippen molar-refractivity contribution in [1.82, 2.24) is 14.8 Å². The first kappa shape index (κ1) is 19.5. The second-order valence-corrected chi connectivity index (χ2v) is 8.17. The summed E-state index contributed by atoms with van der Waals surface area (Å²) in [7, 11) is 0. The highest BCUT2D eigenvalue weighted by Gasteiger charge is 2.25. The Labute approximate surface area is 166 Å². The first-order valence-electron chi connectivity index (χ1n) is 8.72. The Bertz CT molecular complexity index is 789. The minimum Gasteiger partial charge on any atom is -0.450 e. The van der Waals surface area contributed by atoms with Crippen LogP contribution >= 0.6 is 23.1 Å². The van der Waals surface area contributed by atoms with Crippen molar-refractivity contribution >= 4 is 40.1 Å². The second-order valence-electron chi connectivity index (χ2n) is 5.91. The number of nitrogens with zero attached hydrogens (tertiary/aromatic N) is 3. The summed E-state index contributed by atoms with van der Waals surface area (Å²) in [5.41, 5.74) is 7.82. The molecule has 0 radical (unpaired) electrons. The zero-order valence-electron chi connectivity index (χ0n) is 15.1. The van der Waals surface area contributed by atoms with E-state index in [4.69, 9.17) is 10.5 Å². The van der Waals surface area contributed by atoms with Crippen LogP contribution in [0.1, 0.15) is 6.92 Å². The smallest absolute Gasteiger partial charge is 0.409 e. The van der Waals surface area contributed by atoms with Crippen molar-refractivity contribution in [3.8, 4) is 11.3 Å². The Kier molecular flexibility index (Phi) is 6.57. The molecule has 9 heteroatoms. The van der Waals surface area contributed by atoms with Gasteiger partial charge in [-0.1, -0.05) is 53.4 Å². The summed E-state index contributed by atoms with van der Waals surface area (Å²) in [5, 5.41) is 0.652. The third-order valence-electron chi connectivity index (χ3n) is 4.16. The molecule has 2 heterocycles. The summed E-state index contributed by atoms with van der Waals surface area (Å²) in [4.78, 5) is 32.1. The Morgan fingerprint density at radius 3 is 2.52 bits per heavy atom. The van der Waals surface area contributed by atoms with Crippen molar-refractivity contribution < 1.29 is 14.3 Å². The molecular formula is C18H22N4O3S2. The number of nitrogens with two attached hydrogens (primary N) is 1. The van der Waals surface area contributed by atoms with Crippen LogP contribution in [0.3, 0.4) is 0 Å². The Balaban J connectivity index is 1.51. The van der Waals surface area contributed by atoms with Gasteiger partial charge < -0.3 is 20.3 Å². The second kappa shape index (κ2) is 9.09. The Hall–Kier alpha value is -2.26. The molecule has 0 bridgehead atoms. The van der Waals surface area contributed by atoms with E-state index in [0.717, 1.165) is 15.6 Å². The average molecular weight is 407 g/mol. The van der Waals surface area contributed by atoms with E-state index in [1.807, 2.05) is 30.3 Å². The zero-order chi connectivity index (χ0) is 19.2. The standard InChI is InChI=1S/C18H22N4O3S2/c1-2-25-18(24)22-10-8-21(9-11-22)14(23)12-26-17-20-15(16(19)27-17)13-6-4-3-5-7-13/h3-7H,2,8-12,19H2,1H3. The molecule has 2 amide bonds. The van der Waals surface area contributed by atoms with Gasteiger partial charge in [0.25, 0.3) is 0 Å². The highest BCUT2D eigenvalue weighted by Crippen LogP contribution is 2.35. The number of amides is 2. The minimum atomic E-state index is -0.314. The summed E-state index contributed by atoms with van der Waals surface area (Å²) in [6.07, 6.45) is -0.314. The molecule has 2 N–H and O–H groups in total. The summed E-state index contributed by atoms with van der Waals surface area (Å²) in [5.74, 6) is 0.346. The predicted molar refractivity (Wildman–Crippen MR) is 108 cm³/mol. The van der Waals surface area contributed by atoms with Gasteiger partial charge >= 0.3 is 6.09 Å². The maximum absolute atomic E-state index is 12.5. The summed E-state index contributed by atoms with van der Waals surface area (Å²) >= 11 is 2.80. The Morgan fingerprint density at radius 2 is 1.85 bits per heavy atom. The monoisotopic (exact) mass is 406 g/mol. The van der Waals surface area contributed by atoms with Gasteiger partial charge in [0, 0.05) is 31.7 Å². The number of rotatable bonds is 5. The fraction of sp³-hybridized carbons (Fsp3) is 0.389. The van der Waals surface area contributed by atoms with Crippen LogP contribution in [0.2, 0.25) is 0 Å². The molecular weight excluding hydrogens is 384 g/mol.